The molecule has 1 saturated heterocycles. The second kappa shape index (κ2) is 4.17. The maximum atomic E-state index is 13.0. The van der Waals surface area contributed by atoms with Crippen molar-refractivity contribution in [3.63, 3.8) is 0 Å². The van der Waals surface area contributed by atoms with Gasteiger partial charge in [0, 0.05) is 0 Å². The molecule has 1 heterocycles. The fourth-order valence-electron chi connectivity index (χ4n) is 4.64. The highest BCUT2D eigenvalue weighted by molar-refractivity contribution is 6.24. The van der Waals surface area contributed by atoms with E-state index in [1.165, 1.54) is 4.90 Å². The smallest absolute Gasteiger partial charge is 0.240 e. The first-order valence-corrected chi connectivity index (χ1v) is 7.52. The molecule has 1 aliphatic heterocycles. The molecule has 21 heavy (non-hydrogen) atoms. The molecule has 1 aromatic carbocycles. The van der Waals surface area contributed by atoms with Crippen molar-refractivity contribution in [2.24, 2.45) is 23.2 Å². The summed E-state index contributed by atoms with van der Waals surface area (Å²) in [6.45, 7) is 0. The second-order valence-corrected chi connectivity index (χ2v) is 6.44. The van der Waals surface area contributed by atoms with Crippen molar-refractivity contribution < 1.29 is 9.59 Å². The van der Waals surface area contributed by atoms with Crippen LogP contribution in [0.5, 0.6) is 0 Å². The van der Waals surface area contributed by atoms with Crippen LogP contribution in [-0.2, 0) is 9.59 Å². The number of anilines is 1. The van der Waals surface area contributed by atoms with Crippen LogP contribution in [-0.4, -0.2) is 11.8 Å². The van der Waals surface area contributed by atoms with E-state index in [4.69, 9.17) is 0 Å². The topological polar surface area (TPSA) is 61.2 Å². The Balaban J connectivity index is 1.84. The number of para-hydroxylation sites is 1. The fourth-order valence-corrected chi connectivity index (χ4v) is 4.64. The third kappa shape index (κ3) is 1.44. The lowest BCUT2D eigenvalue weighted by molar-refractivity contribution is -0.138. The molecule has 2 unspecified atom stereocenters. The van der Waals surface area contributed by atoms with Gasteiger partial charge in [0.15, 0.2) is 0 Å². The molecule has 0 N–H and O–H groups in total. The first kappa shape index (κ1) is 12.6. The van der Waals surface area contributed by atoms with Crippen molar-refractivity contribution in [3.8, 4) is 6.07 Å². The molecule has 3 aliphatic carbocycles. The molecule has 4 aliphatic rings. The van der Waals surface area contributed by atoms with E-state index in [-0.39, 0.29) is 23.7 Å². The van der Waals surface area contributed by atoms with E-state index in [1.807, 2.05) is 18.2 Å². The van der Waals surface area contributed by atoms with Crippen molar-refractivity contribution in [2.75, 3.05) is 4.90 Å². The van der Waals surface area contributed by atoms with Gasteiger partial charge in [-0.1, -0.05) is 18.2 Å². The van der Waals surface area contributed by atoms with Gasteiger partial charge in [0.1, 0.15) is 0 Å². The Morgan fingerprint density at radius 2 is 1.81 bits per heavy atom. The van der Waals surface area contributed by atoms with Crippen LogP contribution in [0.2, 0.25) is 0 Å². The van der Waals surface area contributed by atoms with Crippen LogP contribution in [0.1, 0.15) is 25.7 Å². The zero-order valence-electron chi connectivity index (χ0n) is 11.7. The maximum absolute atomic E-state index is 13.0. The lowest BCUT2D eigenvalue weighted by Crippen LogP contribution is -2.49. The molecule has 5 rings (SSSR count). The van der Waals surface area contributed by atoms with Crippen LogP contribution >= 0.6 is 0 Å². The number of carbonyl (C=O) groups is 2. The lowest BCUT2D eigenvalue weighted by Gasteiger charge is -2.48. The summed E-state index contributed by atoms with van der Waals surface area (Å²) in [5, 5.41) is 9.49. The summed E-state index contributed by atoms with van der Waals surface area (Å²) in [5.41, 5.74) is 0.0265. The molecule has 4 fully saturated rings. The standard InChI is InChI=1S/C17H16N2O2/c18-10-13-11-6-8-17(9-7-11)14(13)15(20)19(16(17)21)12-4-2-1-3-5-12/h1-5,11,13-14H,6-9H2. The first-order chi connectivity index (χ1) is 10.2. The molecular weight excluding hydrogens is 264 g/mol. The number of imide groups is 1. The summed E-state index contributed by atoms with van der Waals surface area (Å²) < 4.78 is 0. The number of hydrogen-bond acceptors (Lipinski definition) is 3. The van der Waals surface area contributed by atoms with Gasteiger partial charge in [0.25, 0.3) is 0 Å². The van der Waals surface area contributed by atoms with Gasteiger partial charge in [0.05, 0.1) is 29.0 Å². The number of nitrogens with zero attached hydrogens (tertiary/aromatic N) is 2. The number of benzene rings is 1. The number of hydrogen-bond donors (Lipinski definition) is 0. The third-order valence-electron chi connectivity index (χ3n) is 5.66. The molecule has 2 atom stereocenters. The summed E-state index contributed by atoms with van der Waals surface area (Å²) >= 11 is 0. The summed E-state index contributed by atoms with van der Waals surface area (Å²) in [6.07, 6.45) is 3.32. The van der Waals surface area contributed by atoms with E-state index in [1.54, 1.807) is 12.1 Å². The van der Waals surface area contributed by atoms with Gasteiger partial charge in [-0.15, -0.1) is 0 Å². The molecule has 2 bridgehead atoms. The Bertz CT molecular complexity index is 653. The molecule has 1 spiro atoms. The van der Waals surface area contributed by atoms with E-state index in [0.29, 0.717) is 5.69 Å². The molecule has 106 valence electrons. The van der Waals surface area contributed by atoms with Gasteiger partial charge in [-0.25, -0.2) is 4.90 Å². The zero-order chi connectivity index (χ0) is 14.6. The summed E-state index contributed by atoms with van der Waals surface area (Å²) in [7, 11) is 0. The molecule has 0 aromatic heterocycles. The Morgan fingerprint density at radius 3 is 2.43 bits per heavy atom. The highest BCUT2D eigenvalue weighted by Crippen LogP contribution is 2.61. The molecule has 2 amide bonds. The number of rotatable bonds is 1. The average Bonchev–Trinajstić information content (AvgIpc) is 2.77. The minimum atomic E-state index is -0.609. The Labute approximate surface area is 123 Å². The highest BCUT2D eigenvalue weighted by Gasteiger charge is 2.67. The van der Waals surface area contributed by atoms with Crippen molar-refractivity contribution >= 4 is 17.5 Å². The molecule has 1 aromatic rings. The van der Waals surface area contributed by atoms with Crippen LogP contribution < -0.4 is 4.90 Å². The van der Waals surface area contributed by atoms with Crippen LogP contribution in [0.4, 0.5) is 5.69 Å². The molecule has 4 nitrogen and oxygen atoms in total. The van der Waals surface area contributed by atoms with Gasteiger partial charge >= 0.3 is 0 Å². The summed E-state index contributed by atoms with van der Waals surface area (Å²) in [5.74, 6) is -0.682. The summed E-state index contributed by atoms with van der Waals surface area (Å²) in [4.78, 5) is 27.2. The zero-order valence-corrected chi connectivity index (χ0v) is 11.7. The van der Waals surface area contributed by atoms with Crippen LogP contribution in [0.15, 0.2) is 30.3 Å². The van der Waals surface area contributed by atoms with Crippen LogP contribution in [0, 0.1) is 34.5 Å². The molecule has 4 heteroatoms. The predicted molar refractivity (Wildman–Crippen MR) is 75.9 cm³/mol. The largest absolute Gasteiger partial charge is 0.274 e. The normalized spacial score (nSPS) is 37.5. The average molecular weight is 280 g/mol. The Hall–Kier alpha value is -2.15. The fraction of sp³-hybridized carbons (Fsp3) is 0.471. The second-order valence-electron chi connectivity index (χ2n) is 6.44. The Morgan fingerprint density at radius 1 is 1.14 bits per heavy atom. The summed E-state index contributed by atoms with van der Waals surface area (Å²) in [6, 6.07) is 11.4. The van der Waals surface area contributed by atoms with E-state index in [0.717, 1.165) is 25.7 Å². The number of nitriles is 1. The van der Waals surface area contributed by atoms with Gasteiger partial charge in [-0.05, 0) is 43.7 Å². The lowest BCUT2D eigenvalue weighted by atomic mass is 9.52. The highest BCUT2D eigenvalue weighted by atomic mass is 16.2. The third-order valence-corrected chi connectivity index (χ3v) is 5.66. The van der Waals surface area contributed by atoms with Crippen molar-refractivity contribution in [1.29, 1.82) is 5.26 Å². The molecule has 3 saturated carbocycles. The monoisotopic (exact) mass is 280 g/mol. The predicted octanol–water partition coefficient (Wildman–Crippen LogP) is 2.51. The van der Waals surface area contributed by atoms with Crippen molar-refractivity contribution in [1.82, 2.24) is 0 Å². The van der Waals surface area contributed by atoms with E-state index in [2.05, 4.69) is 6.07 Å². The first-order valence-electron chi connectivity index (χ1n) is 7.52. The molecular formula is C17H16N2O2. The van der Waals surface area contributed by atoms with Crippen molar-refractivity contribution in [3.05, 3.63) is 30.3 Å². The van der Waals surface area contributed by atoms with Crippen LogP contribution in [0.25, 0.3) is 0 Å². The van der Waals surface area contributed by atoms with Gasteiger partial charge < -0.3 is 0 Å². The number of carbonyl (C=O) groups excluding carboxylic acids is 2. The quantitative estimate of drug-likeness (QED) is 0.743. The van der Waals surface area contributed by atoms with Gasteiger partial charge in [0.2, 0.25) is 11.8 Å². The SMILES string of the molecule is N#CC1C2CCC3(CC2)C(=O)N(c2ccccc2)C(=O)C13. The van der Waals surface area contributed by atoms with Crippen molar-refractivity contribution in [2.45, 2.75) is 25.7 Å². The van der Waals surface area contributed by atoms with E-state index in [9.17, 15) is 14.9 Å². The van der Waals surface area contributed by atoms with E-state index < -0.39 is 11.3 Å². The molecule has 0 radical (unpaired) electrons. The van der Waals surface area contributed by atoms with Gasteiger partial charge in [-0.3, -0.25) is 9.59 Å². The number of fused-ring (bicyclic) bond motifs is 2. The van der Waals surface area contributed by atoms with Gasteiger partial charge in [-0.2, -0.15) is 5.26 Å². The minimum absolute atomic E-state index is 0.0814. The van der Waals surface area contributed by atoms with E-state index >= 15 is 0 Å². The maximum Gasteiger partial charge on any atom is 0.240 e. The number of amides is 2. The minimum Gasteiger partial charge on any atom is -0.274 e. The Kier molecular flexibility index (Phi) is 2.50. The van der Waals surface area contributed by atoms with Crippen LogP contribution in [0.3, 0.4) is 0 Å².